The number of para-hydroxylation sites is 1. The summed E-state index contributed by atoms with van der Waals surface area (Å²) < 4.78 is 4.96. The summed E-state index contributed by atoms with van der Waals surface area (Å²) in [6, 6.07) is 7.55. The van der Waals surface area contributed by atoms with E-state index in [1.54, 1.807) is 13.3 Å². The zero-order valence-electron chi connectivity index (χ0n) is 10.5. The highest BCUT2D eigenvalue weighted by atomic mass is 16.5. The first-order valence-electron chi connectivity index (χ1n) is 5.83. The summed E-state index contributed by atoms with van der Waals surface area (Å²) in [5, 5.41) is 6.60. The zero-order chi connectivity index (χ0) is 13.0. The molecule has 2 amide bonds. The maximum Gasteiger partial charge on any atom is 0.319 e. The van der Waals surface area contributed by atoms with Crippen molar-refractivity contribution in [3.8, 4) is 0 Å². The van der Waals surface area contributed by atoms with Crippen LogP contribution in [0.4, 0.5) is 10.5 Å². The summed E-state index contributed by atoms with van der Waals surface area (Å²) >= 11 is 0. The van der Waals surface area contributed by atoms with Crippen molar-refractivity contribution in [1.82, 2.24) is 10.3 Å². The third-order valence-corrected chi connectivity index (χ3v) is 2.63. The number of methoxy groups -OCH3 is 1. The minimum absolute atomic E-state index is 0.0276. The minimum Gasteiger partial charge on any atom is -0.383 e. The molecule has 0 spiro atoms. The van der Waals surface area contributed by atoms with E-state index in [0.29, 0.717) is 6.61 Å². The highest BCUT2D eigenvalue weighted by Gasteiger charge is 2.09. The van der Waals surface area contributed by atoms with Gasteiger partial charge < -0.3 is 20.4 Å². The Morgan fingerprint density at radius 1 is 1.44 bits per heavy atom. The van der Waals surface area contributed by atoms with Crippen LogP contribution >= 0.6 is 0 Å². The predicted molar refractivity (Wildman–Crippen MR) is 71.8 cm³/mol. The molecule has 1 aromatic carbocycles. The van der Waals surface area contributed by atoms with Gasteiger partial charge in [-0.25, -0.2) is 4.79 Å². The van der Waals surface area contributed by atoms with Crippen molar-refractivity contribution in [2.24, 2.45) is 0 Å². The topological polar surface area (TPSA) is 66.2 Å². The molecular weight excluding hydrogens is 230 g/mol. The van der Waals surface area contributed by atoms with E-state index in [4.69, 9.17) is 4.74 Å². The van der Waals surface area contributed by atoms with E-state index < -0.39 is 0 Å². The monoisotopic (exact) mass is 247 g/mol. The fourth-order valence-corrected chi connectivity index (χ4v) is 1.85. The molecule has 5 nitrogen and oxygen atoms in total. The van der Waals surface area contributed by atoms with Crippen molar-refractivity contribution >= 4 is 22.6 Å². The van der Waals surface area contributed by atoms with Gasteiger partial charge in [-0.1, -0.05) is 18.2 Å². The van der Waals surface area contributed by atoms with Gasteiger partial charge in [0.1, 0.15) is 0 Å². The van der Waals surface area contributed by atoms with Crippen LogP contribution in [0.1, 0.15) is 6.92 Å². The third-order valence-electron chi connectivity index (χ3n) is 2.63. The number of urea groups is 1. The number of benzene rings is 1. The van der Waals surface area contributed by atoms with Gasteiger partial charge in [-0.2, -0.15) is 0 Å². The molecule has 0 aliphatic heterocycles. The Labute approximate surface area is 106 Å². The van der Waals surface area contributed by atoms with Crippen LogP contribution in [0.25, 0.3) is 10.9 Å². The number of hydrogen-bond donors (Lipinski definition) is 3. The number of H-pyrrole nitrogens is 1. The number of fused-ring (bicyclic) bond motifs is 1. The first kappa shape index (κ1) is 12.4. The molecule has 0 unspecified atom stereocenters. The Bertz CT molecular complexity index is 536. The van der Waals surface area contributed by atoms with Crippen molar-refractivity contribution in [3.63, 3.8) is 0 Å². The Balaban J connectivity index is 2.03. The number of anilines is 1. The van der Waals surface area contributed by atoms with Crippen molar-refractivity contribution < 1.29 is 9.53 Å². The molecule has 0 bridgehead atoms. The maximum atomic E-state index is 11.7. The second-order valence-electron chi connectivity index (χ2n) is 4.20. The number of aromatic nitrogens is 1. The quantitative estimate of drug-likeness (QED) is 0.776. The summed E-state index contributed by atoms with van der Waals surface area (Å²) in [6.07, 6.45) is 1.78. The molecule has 0 saturated heterocycles. The first-order valence-corrected chi connectivity index (χ1v) is 5.83. The highest BCUT2D eigenvalue weighted by molar-refractivity contribution is 6.00. The van der Waals surface area contributed by atoms with Gasteiger partial charge in [-0.15, -0.1) is 0 Å². The molecular formula is C13H17N3O2. The van der Waals surface area contributed by atoms with Gasteiger partial charge in [0, 0.05) is 24.2 Å². The summed E-state index contributed by atoms with van der Waals surface area (Å²) in [7, 11) is 1.61. The molecule has 2 rings (SSSR count). The van der Waals surface area contributed by atoms with E-state index in [1.165, 1.54) is 0 Å². The Kier molecular flexibility index (Phi) is 3.84. The fraction of sp³-hybridized carbons (Fsp3) is 0.308. The number of carbonyl (C=O) groups is 1. The number of nitrogens with one attached hydrogen (secondary N) is 3. The molecule has 1 atom stereocenters. The number of ether oxygens (including phenoxy) is 1. The SMILES string of the molecule is COC[C@H](C)NC(=O)Nc1c[nH]c2ccccc12. The average molecular weight is 247 g/mol. The van der Waals surface area contributed by atoms with E-state index in [0.717, 1.165) is 16.6 Å². The number of hydrogen-bond acceptors (Lipinski definition) is 2. The van der Waals surface area contributed by atoms with Crippen LogP contribution in [0, 0.1) is 0 Å². The molecule has 0 saturated carbocycles. The Hall–Kier alpha value is -2.01. The summed E-state index contributed by atoms with van der Waals surface area (Å²) in [5.74, 6) is 0. The van der Waals surface area contributed by atoms with Crippen LogP contribution in [0.5, 0.6) is 0 Å². The second kappa shape index (κ2) is 5.55. The average Bonchev–Trinajstić information content (AvgIpc) is 2.73. The summed E-state index contributed by atoms with van der Waals surface area (Å²) in [4.78, 5) is 14.9. The van der Waals surface area contributed by atoms with Gasteiger partial charge >= 0.3 is 6.03 Å². The molecule has 5 heteroatoms. The standard InChI is InChI=1S/C13H17N3O2/c1-9(8-18-2)15-13(17)16-12-7-14-11-6-4-3-5-10(11)12/h3-7,9,14H,8H2,1-2H3,(H2,15,16,17)/t9-/m0/s1. The molecule has 0 aliphatic rings. The third kappa shape index (κ3) is 2.81. The molecule has 1 aromatic heterocycles. The van der Waals surface area contributed by atoms with Gasteiger partial charge in [0.05, 0.1) is 18.3 Å². The van der Waals surface area contributed by atoms with Crippen LogP contribution in [0.15, 0.2) is 30.5 Å². The van der Waals surface area contributed by atoms with Crippen LogP contribution in [-0.4, -0.2) is 30.8 Å². The van der Waals surface area contributed by atoms with E-state index >= 15 is 0 Å². The molecule has 1 heterocycles. The minimum atomic E-state index is -0.232. The molecule has 2 aromatic rings. The van der Waals surface area contributed by atoms with Crippen molar-refractivity contribution in [2.75, 3.05) is 19.0 Å². The fourth-order valence-electron chi connectivity index (χ4n) is 1.85. The first-order chi connectivity index (χ1) is 8.70. The number of amides is 2. The maximum absolute atomic E-state index is 11.7. The van der Waals surface area contributed by atoms with Gasteiger partial charge in [-0.05, 0) is 13.0 Å². The van der Waals surface area contributed by atoms with Gasteiger partial charge in [0.15, 0.2) is 0 Å². The summed E-state index contributed by atoms with van der Waals surface area (Å²) in [5.41, 5.74) is 1.77. The molecule has 3 N–H and O–H groups in total. The summed E-state index contributed by atoms with van der Waals surface area (Å²) in [6.45, 7) is 2.37. The molecule has 18 heavy (non-hydrogen) atoms. The smallest absolute Gasteiger partial charge is 0.319 e. The molecule has 96 valence electrons. The largest absolute Gasteiger partial charge is 0.383 e. The van der Waals surface area contributed by atoms with Crippen LogP contribution in [-0.2, 0) is 4.74 Å². The van der Waals surface area contributed by atoms with Crippen LogP contribution < -0.4 is 10.6 Å². The Morgan fingerprint density at radius 2 is 2.22 bits per heavy atom. The zero-order valence-corrected chi connectivity index (χ0v) is 10.5. The van der Waals surface area contributed by atoms with E-state index in [1.807, 2.05) is 31.2 Å². The van der Waals surface area contributed by atoms with Gasteiger partial charge in [0.25, 0.3) is 0 Å². The van der Waals surface area contributed by atoms with E-state index in [2.05, 4.69) is 15.6 Å². The van der Waals surface area contributed by atoms with Crippen molar-refractivity contribution in [1.29, 1.82) is 0 Å². The predicted octanol–water partition coefficient (Wildman–Crippen LogP) is 2.32. The highest BCUT2D eigenvalue weighted by Crippen LogP contribution is 2.22. The number of rotatable bonds is 4. The van der Waals surface area contributed by atoms with Crippen molar-refractivity contribution in [2.45, 2.75) is 13.0 Å². The number of carbonyl (C=O) groups excluding carboxylic acids is 1. The van der Waals surface area contributed by atoms with E-state index in [9.17, 15) is 4.79 Å². The lowest BCUT2D eigenvalue weighted by molar-refractivity contribution is 0.173. The van der Waals surface area contributed by atoms with Gasteiger partial charge in [0.2, 0.25) is 0 Å². The second-order valence-corrected chi connectivity index (χ2v) is 4.20. The lowest BCUT2D eigenvalue weighted by Gasteiger charge is -2.13. The molecule has 0 aliphatic carbocycles. The number of aromatic amines is 1. The van der Waals surface area contributed by atoms with Crippen molar-refractivity contribution in [3.05, 3.63) is 30.5 Å². The van der Waals surface area contributed by atoms with Crippen LogP contribution in [0.2, 0.25) is 0 Å². The van der Waals surface area contributed by atoms with Gasteiger partial charge in [-0.3, -0.25) is 0 Å². The Morgan fingerprint density at radius 3 is 3.00 bits per heavy atom. The molecule has 0 radical (unpaired) electrons. The normalized spacial score (nSPS) is 12.3. The van der Waals surface area contributed by atoms with E-state index in [-0.39, 0.29) is 12.1 Å². The lowest BCUT2D eigenvalue weighted by atomic mass is 10.2. The van der Waals surface area contributed by atoms with Crippen LogP contribution in [0.3, 0.4) is 0 Å². The molecule has 0 fully saturated rings. The lowest BCUT2D eigenvalue weighted by Crippen LogP contribution is -2.38.